The Kier molecular flexibility index (Phi) is 4.02. The lowest BCUT2D eigenvalue weighted by molar-refractivity contribution is 0.0892. The predicted molar refractivity (Wildman–Crippen MR) is 56.9 cm³/mol. The molecule has 1 aromatic carbocycles. The highest BCUT2D eigenvalue weighted by atomic mass is 79.9. The fourth-order valence-electron chi connectivity index (χ4n) is 1.01. The van der Waals surface area contributed by atoms with Crippen molar-refractivity contribution < 1.29 is 13.6 Å². The number of carbonyl (C=O) groups is 1. The van der Waals surface area contributed by atoms with E-state index in [4.69, 9.17) is 5.73 Å². The van der Waals surface area contributed by atoms with Gasteiger partial charge in [0.15, 0.2) is 0 Å². The molecule has 0 fully saturated rings. The van der Waals surface area contributed by atoms with Crippen LogP contribution in [0, 0.1) is 0 Å². The quantitative estimate of drug-likeness (QED) is 0.832. The number of benzene rings is 1. The Hall–Kier alpha value is -1.17. The van der Waals surface area contributed by atoms with Gasteiger partial charge in [-0.1, -0.05) is 15.9 Å². The zero-order valence-electron chi connectivity index (χ0n) is 7.64. The summed E-state index contributed by atoms with van der Waals surface area (Å²) < 4.78 is 24.4. The minimum Gasteiger partial charge on any atom is -0.398 e. The second-order valence-corrected chi connectivity index (χ2v) is 3.75. The van der Waals surface area contributed by atoms with Gasteiger partial charge in [0.2, 0.25) is 0 Å². The van der Waals surface area contributed by atoms with E-state index < -0.39 is 18.9 Å². The Balaban J connectivity index is 2.74. The fraction of sp³-hybridized carbons (Fsp3) is 0.222. The maximum absolute atomic E-state index is 11.8. The van der Waals surface area contributed by atoms with Crippen LogP contribution < -0.4 is 11.1 Å². The molecule has 1 rings (SSSR count). The summed E-state index contributed by atoms with van der Waals surface area (Å²) >= 11 is 3.18. The van der Waals surface area contributed by atoms with Gasteiger partial charge < -0.3 is 11.1 Å². The van der Waals surface area contributed by atoms with Crippen molar-refractivity contribution in [3.8, 4) is 0 Å². The molecule has 6 heteroatoms. The summed E-state index contributed by atoms with van der Waals surface area (Å²) in [5, 5.41) is 2.07. The molecule has 82 valence electrons. The first kappa shape index (κ1) is 11.9. The van der Waals surface area contributed by atoms with Crippen molar-refractivity contribution >= 4 is 27.5 Å². The first-order valence-electron chi connectivity index (χ1n) is 4.12. The van der Waals surface area contributed by atoms with Crippen molar-refractivity contribution in [1.82, 2.24) is 5.32 Å². The molecule has 1 aromatic rings. The number of nitrogens with two attached hydrogens (primary N) is 1. The lowest BCUT2D eigenvalue weighted by Crippen LogP contribution is -2.29. The summed E-state index contributed by atoms with van der Waals surface area (Å²) in [5.74, 6) is -0.597. The number of hydrogen-bond acceptors (Lipinski definition) is 2. The number of halogens is 3. The molecule has 0 aliphatic heterocycles. The summed E-state index contributed by atoms with van der Waals surface area (Å²) in [7, 11) is 0. The average molecular weight is 279 g/mol. The van der Waals surface area contributed by atoms with Gasteiger partial charge in [0.25, 0.3) is 12.3 Å². The van der Waals surface area contributed by atoms with Crippen LogP contribution in [-0.4, -0.2) is 18.9 Å². The molecule has 0 aliphatic carbocycles. The number of hydrogen-bond donors (Lipinski definition) is 2. The van der Waals surface area contributed by atoms with Crippen LogP contribution >= 0.6 is 15.9 Å². The van der Waals surface area contributed by atoms with Gasteiger partial charge in [-0.3, -0.25) is 4.79 Å². The summed E-state index contributed by atoms with van der Waals surface area (Å²) in [6.07, 6.45) is -2.56. The van der Waals surface area contributed by atoms with Crippen LogP contribution in [0.25, 0.3) is 0 Å². The second kappa shape index (κ2) is 5.06. The van der Waals surface area contributed by atoms with Crippen LogP contribution in [0.4, 0.5) is 14.5 Å². The predicted octanol–water partition coefficient (Wildman–Crippen LogP) is 2.03. The number of nitrogens with one attached hydrogen (secondary N) is 1. The Morgan fingerprint density at radius 2 is 2.20 bits per heavy atom. The Labute approximate surface area is 93.8 Å². The highest BCUT2D eigenvalue weighted by Gasteiger charge is 2.11. The zero-order chi connectivity index (χ0) is 11.4. The van der Waals surface area contributed by atoms with E-state index in [0.29, 0.717) is 0 Å². The third-order valence-corrected chi connectivity index (χ3v) is 2.17. The number of carbonyl (C=O) groups excluding carboxylic acids is 1. The van der Waals surface area contributed by atoms with Gasteiger partial charge in [0.1, 0.15) is 0 Å². The summed E-state index contributed by atoms with van der Waals surface area (Å²) in [6.45, 7) is -0.672. The van der Waals surface area contributed by atoms with Gasteiger partial charge in [0, 0.05) is 10.2 Å². The van der Waals surface area contributed by atoms with Crippen molar-refractivity contribution in [2.75, 3.05) is 12.3 Å². The lowest BCUT2D eigenvalue weighted by atomic mass is 10.1. The molecule has 0 atom stereocenters. The first-order chi connectivity index (χ1) is 7.00. The molecule has 0 radical (unpaired) electrons. The van der Waals surface area contributed by atoms with Crippen LogP contribution in [0.1, 0.15) is 10.4 Å². The van der Waals surface area contributed by atoms with Crippen LogP contribution in [0.2, 0.25) is 0 Å². The van der Waals surface area contributed by atoms with Crippen molar-refractivity contribution in [3.05, 3.63) is 28.2 Å². The SMILES string of the molecule is Nc1cc(Br)ccc1C(=O)NCC(F)F. The molecule has 0 saturated carbocycles. The zero-order valence-corrected chi connectivity index (χ0v) is 9.22. The van der Waals surface area contributed by atoms with E-state index in [1.807, 2.05) is 0 Å². The third-order valence-electron chi connectivity index (χ3n) is 1.68. The Morgan fingerprint density at radius 3 is 2.73 bits per heavy atom. The van der Waals surface area contributed by atoms with E-state index in [1.165, 1.54) is 12.1 Å². The monoisotopic (exact) mass is 278 g/mol. The van der Waals surface area contributed by atoms with E-state index >= 15 is 0 Å². The number of amides is 1. The minimum absolute atomic E-state index is 0.193. The molecule has 1 amide bonds. The molecule has 3 N–H and O–H groups in total. The maximum atomic E-state index is 11.8. The molecule has 0 saturated heterocycles. The van der Waals surface area contributed by atoms with E-state index in [-0.39, 0.29) is 11.3 Å². The highest BCUT2D eigenvalue weighted by molar-refractivity contribution is 9.10. The van der Waals surface area contributed by atoms with Crippen molar-refractivity contribution in [2.24, 2.45) is 0 Å². The highest BCUT2D eigenvalue weighted by Crippen LogP contribution is 2.18. The molecule has 0 unspecified atom stereocenters. The maximum Gasteiger partial charge on any atom is 0.255 e. The van der Waals surface area contributed by atoms with Gasteiger partial charge in [-0.25, -0.2) is 8.78 Å². The van der Waals surface area contributed by atoms with Crippen molar-refractivity contribution in [2.45, 2.75) is 6.43 Å². The van der Waals surface area contributed by atoms with E-state index in [0.717, 1.165) is 4.47 Å². The number of anilines is 1. The standard InChI is InChI=1S/C9H9BrF2N2O/c10-5-1-2-6(7(13)3-5)9(15)14-4-8(11)12/h1-3,8H,4,13H2,(H,14,15). The number of alkyl halides is 2. The van der Waals surface area contributed by atoms with Crippen molar-refractivity contribution in [3.63, 3.8) is 0 Å². The van der Waals surface area contributed by atoms with E-state index in [1.54, 1.807) is 6.07 Å². The molecule has 0 bridgehead atoms. The van der Waals surface area contributed by atoms with Gasteiger partial charge in [-0.05, 0) is 18.2 Å². The lowest BCUT2D eigenvalue weighted by Gasteiger charge is -2.07. The Morgan fingerprint density at radius 1 is 1.53 bits per heavy atom. The minimum atomic E-state index is -2.56. The second-order valence-electron chi connectivity index (χ2n) is 2.83. The van der Waals surface area contributed by atoms with Gasteiger partial charge in [-0.2, -0.15) is 0 Å². The average Bonchev–Trinajstić information content (AvgIpc) is 2.14. The Bertz CT molecular complexity index is 371. The smallest absolute Gasteiger partial charge is 0.255 e. The molecule has 0 aromatic heterocycles. The fourth-order valence-corrected chi connectivity index (χ4v) is 1.38. The molecule has 0 spiro atoms. The van der Waals surface area contributed by atoms with Crippen LogP contribution in [0.15, 0.2) is 22.7 Å². The van der Waals surface area contributed by atoms with Gasteiger partial charge in [0.05, 0.1) is 12.1 Å². The first-order valence-corrected chi connectivity index (χ1v) is 4.91. The molecule has 0 aliphatic rings. The molecule has 0 heterocycles. The molecular formula is C9H9BrF2N2O. The molecule has 3 nitrogen and oxygen atoms in total. The summed E-state index contributed by atoms with van der Waals surface area (Å²) in [4.78, 5) is 11.3. The molecule has 15 heavy (non-hydrogen) atoms. The number of rotatable bonds is 3. The summed E-state index contributed by atoms with van der Waals surface area (Å²) in [5.41, 5.74) is 5.99. The van der Waals surface area contributed by atoms with E-state index in [9.17, 15) is 13.6 Å². The van der Waals surface area contributed by atoms with Crippen LogP contribution in [-0.2, 0) is 0 Å². The van der Waals surface area contributed by atoms with Gasteiger partial charge in [-0.15, -0.1) is 0 Å². The van der Waals surface area contributed by atoms with Crippen LogP contribution in [0.5, 0.6) is 0 Å². The normalized spacial score (nSPS) is 10.4. The summed E-state index contributed by atoms with van der Waals surface area (Å²) in [6, 6.07) is 4.63. The van der Waals surface area contributed by atoms with Crippen molar-refractivity contribution in [1.29, 1.82) is 0 Å². The molecular weight excluding hydrogens is 270 g/mol. The topological polar surface area (TPSA) is 55.1 Å². The third kappa shape index (κ3) is 3.47. The largest absolute Gasteiger partial charge is 0.398 e. The number of nitrogen functional groups attached to an aromatic ring is 1. The van der Waals surface area contributed by atoms with E-state index in [2.05, 4.69) is 21.2 Å². The van der Waals surface area contributed by atoms with Gasteiger partial charge >= 0.3 is 0 Å². The van der Waals surface area contributed by atoms with Crippen LogP contribution in [0.3, 0.4) is 0 Å².